The van der Waals surface area contributed by atoms with Gasteiger partial charge in [-0.2, -0.15) is 0 Å². The molecule has 9 aliphatic rings. The van der Waals surface area contributed by atoms with Crippen molar-refractivity contribution < 1.29 is 109 Å². The number of aliphatic hydroxyl groups excluding tert-OH is 12. The van der Waals surface area contributed by atoms with E-state index in [1.54, 1.807) is 6.92 Å². The summed E-state index contributed by atoms with van der Waals surface area (Å²) in [7, 11) is 0. The molecule has 8 fully saturated rings. The van der Waals surface area contributed by atoms with E-state index in [-0.39, 0.29) is 70.9 Å². The van der Waals surface area contributed by atoms with Crippen molar-refractivity contribution >= 4 is 11.9 Å². The Labute approximate surface area is 443 Å². The summed E-state index contributed by atoms with van der Waals surface area (Å²) in [4.78, 5) is 27.9. The highest BCUT2D eigenvalue weighted by Crippen LogP contribution is 2.75. The second kappa shape index (κ2) is 21.4. The molecule has 0 aromatic rings. The minimum absolute atomic E-state index is 0.0562. The first-order chi connectivity index (χ1) is 35.5. The summed E-state index contributed by atoms with van der Waals surface area (Å²) in [6.07, 6.45) is -19.7. The summed E-state index contributed by atoms with van der Waals surface area (Å²) in [5.41, 5.74) is -1.22. The summed E-state index contributed by atoms with van der Waals surface area (Å²) in [6, 6.07) is 0. The zero-order chi connectivity index (χ0) is 55.5. The van der Waals surface area contributed by atoms with Gasteiger partial charge in [0.05, 0.1) is 49.0 Å². The Bertz CT molecular complexity index is 2130. The van der Waals surface area contributed by atoms with Crippen LogP contribution in [0.5, 0.6) is 0 Å². The smallest absolute Gasteiger partial charge is 0.311 e. The number of fused-ring (bicyclic) bond motifs is 7. The molecular weight excluding hydrogens is 1000 g/mol. The van der Waals surface area contributed by atoms with Gasteiger partial charge >= 0.3 is 11.9 Å². The van der Waals surface area contributed by atoms with Gasteiger partial charge in [0.15, 0.2) is 12.6 Å². The average Bonchev–Trinajstić information content (AvgIpc) is 3.53. The Morgan fingerprint density at radius 2 is 1.37 bits per heavy atom. The predicted octanol–water partition coefficient (Wildman–Crippen LogP) is -0.784. The second-order valence-corrected chi connectivity index (χ2v) is 26.0. The topological polar surface area (TPSA) is 362 Å². The highest BCUT2D eigenvalue weighted by atomic mass is 16.7. The zero-order valence-corrected chi connectivity index (χ0v) is 44.7. The highest BCUT2D eigenvalue weighted by Gasteiger charge is 2.69. The van der Waals surface area contributed by atoms with Crippen molar-refractivity contribution in [3.05, 3.63) is 11.6 Å². The Balaban J connectivity index is 0.881. The monoisotopic (exact) mass is 1090 g/mol. The largest absolute Gasteiger partial charge is 0.481 e. The lowest BCUT2D eigenvalue weighted by molar-refractivity contribution is -0.327. The molecule has 5 saturated carbocycles. The zero-order valence-electron chi connectivity index (χ0n) is 44.7. The number of carboxylic acid groups (broad SMARTS) is 1. The molecule has 29 atom stereocenters. The number of ether oxygens (including phenoxy) is 7. The van der Waals surface area contributed by atoms with Gasteiger partial charge in [0.1, 0.15) is 73.2 Å². The molecule has 0 spiro atoms. The van der Waals surface area contributed by atoms with Gasteiger partial charge in [-0.25, -0.2) is 0 Å². The van der Waals surface area contributed by atoms with Crippen LogP contribution >= 0.6 is 0 Å². The van der Waals surface area contributed by atoms with Crippen molar-refractivity contribution in [2.45, 2.75) is 229 Å². The molecule has 0 aromatic carbocycles. The maximum absolute atomic E-state index is 14.7. The molecule has 0 radical (unpaired) electrons. The van der Waals surface area contributed by atoms with Crippen LogP contribution in [0.15, 0.2) is 11.6 Å². The molecule has 22 heteroatoms. The van der Waals surface area contributed by atoms with E-state index >= 15 is 0 Å². The van der Waals surface area contributed by atoms with E-state index in [2.05, 4.69) is 40.7 Å². The van der Waals surface area contributed by atoms with E-state index in [9.17, 15) is 76.0 Å². The molecule has 434 valence electrons. The van der Waals surface area contributed by atoms with Crippen LogP contribution in [0.4, 0.5) is 0 Å². The standard InChI is InChI=1S/C54H86O22/c1-22-34(57)38(61)42(65)47(72-22)75-44-23(19-55)16-29(36(59)40(44)63)70-21-30-37(60)39(62)43(66)48(73-30)76-45(67)26-18-51(4,49(68)69)17-25-24(26)10-14-53(6)27(25)8-9-32-52(5)13-12-33(50(2,3)31(52)11-15-54(32,53)7)74-46-41(64)35(58)28(56)20-71-46/h8,22-26,28-44,46-48,55-66H,9-21H2,1-7H3,(H,68,69). The predicted molar refractivity (Wildman–Crippen MR) is 261 cm³/mol. The first-order valence-corrected chi connectivity index (χ1v) is 27.6. The molecule has 29 unspecified atom stereocenters. The SMILES string of the molecule is CC1OC(OC2C(CO)CC(OCC3OC(OC(=O)C4CC(C)(C(=O)O)CC5C6=CCC7C8(C)CCC(OC9OCC(O)C(O)C9O)C(C)(C)C8CCC7(C)C6(C)CCC45)C(O)C(O)C3O)C(O)C2O)C(O)C(O)C1O. The molecule has 13 N–H and O–H groups in total. The molecule has 3 heterocycles. The van der Waals surface area contributed by atoms with Gasteiger partial charge in [0.25, 0.3) is 0 Å². The fourth-order valence-corrected chi connectivity index (χ4v) is 16.7. The number of aliphatic hydroxyl groups is 12. The van der Waals surface area contributed by atoms with Gasteiger partial charge < -0.3 is 99.5 Å². The minimum Gasteiger partial charge on any atom is -0.481 e. The lowest BCUT2D eigenvalue weighted by Gasteiger charge is -2.71. The Kier molecular flexibility index (Phi) is 16.5. The summed E-state index contributed by atoms with van der Waals surface area (Å²) in [6.45, 7) is 13.3. The molecule has 6 aliphatic carbocycles. The van der Waals surface area contributed by atoms with Crippen LogP contribution < -0.4 is 0 Å². The number of aliphatic carboxylic acids is 1. The first-order valence-electron chi connectivity index (χ1n) is 27.6. The number of hydrogen-bond donors (Lipinski definition) is 13. The van der Waals surface area contributed by atoms with Gasteiger partial charge in [0, 0.05) is 12.5 Å². The van der Waals surface area contributed by atoms with Crippen molar-refractivity contribution in [3.63, 3.8) is 0 Å². The van der Waals surface area contributed by atoms with Crippen LogP contribution in [0.3, 0.4) is 0 Å². The molecule has 9 rings (SSSR count). The highest BCUT2D eigenvalue weighted by molar-refractivity contribution is 5.78. The summed E-state index contributed by atoms with van der Waals surface area (Å²) in [5, 5.41) is 139. The third-order valence-electron chi connectivity index (χ3n) is 21.6. The quantitative estimate of drug-likeness (QED) is 0.0685. The summed E-state index contributed by atoms with van der Waals surface area (Å²) >= 11 is 0. The van der Waals surface area contributed by atoms with E-state index < -0.39 is 153 Å². The lowest BCUT2D eigenvalue weighted by Crippen LogP contribution is -2.65. The molecular formula is C54H86O22. The van der Waals surface area contributed by atoms with Gasteiger partial charge in [-0.1, -0.05) is 46.3 Å². The van der Waals surface area contributed by atoms with Gasteiger partial charge in [-0.05, 0) is 123 Å². The van der Waals surface area contributed by atoms with Crippen LogP contribution in [0, 0.1) is 62.6 Å². The molecule has 3 aliphatic heterocycles. The van der Waals surface area contributed by atoms with E-state index in [0.717, 1.165) is 37.7 Å². The maximum Gasteiger partial charge on any atom is 0.311 e. The lowest BCUT2D eigenvalue weighted by atomic mass is 9.34. The van der Waals surface area contributed by atoms with Crippen LogP contribution in [0.2, 0.25) is 0 Å². The van der Waals surface area contributed by atoms with E-state index in [1.807, 2.05) is 0 Å². The maximum atomic E-state index is 14.7. The van der Waals surface area contributed by atoms with Crippen molar-refractivity contribution in [1.82, 2.24) is 0 Å². The Morgan fingerprint density at radius 1 is 0.697 bits per heavy atom. The number of carboxylic acids is 1. The van der Waals surface area contributed by atoms with Gasteiger partial charge in [0.2, 0.25) is 6.29 Å². The Morgan fingerprint density at radius 3 is 2.05 bits per heavy atom. The fourth-order valence-electron chi connectivity index (χ4n) is 16.7. The fraction of sp³-hybridized carbons (Fsp3) is 0.926. The number of esters is 1. The molecule has 0 amide bonds. The summed E-state index contributed by atoms with van der Waals surface area (Å²) in [5.74, 6) is -3.91. The third-order valence-corrected chi connectivity index (χ3v) is 21.6. The average molecular weight is 1090 g/mol. The molecule has 0 bridgehead atoms. The minimum atomic E-state index is -1.93. The number of carbonyl (C=O) groups excluding carboxylic acids is 1. The third kappa shape index (κ3) is 9.63. The van der Waals surface area contributed by atoms with Crippen molar-refractivity contribution in [2.75, 3.05) is 19.8 Å². The van der Waals surface area contributed by atoms with Crippen LogP contribution in [0.25, 0.3) is 0 Å². The number of allylic oxidation sites excluding steroid dienone is 2. The van der Waals surface area contributed by atoms with Crippen LogP contribution in [0.1, 0.15) is 113 Å². The summed E-state index contributed by atoms with van der Waals surface area (Å²) < 4.78 is 41.2. The number of carbonyl (C=O) groups is 2. The van der Waals surface area contributed by atoms with Gasteiger partial charge in [-0.15, -0.1) is 0 Å². The Hall–Kier alpha value is -2.04. The number of hydrogen-bond acceptors (Lipinski definition) is 21. The van der Waals surface area contributed by atoms with Gasteiger partial charge in [-0.3, -0.25) is 9.59 Å². The normalized spacial score (nSPS) is 54.2. The van der Waals surface area contributed by atoms with Crippen LogP contribution in [-0.2, 0) is 42.7 Å². The molecule has 22 nitrogen and oxygen atoms in total. The van der Waals surface area contributed by atoms with E-state index in [4.69, 9.17) is 33.2 Å². The number of rotatable bonds is 11. The second-order valence-electron chi connectivity index (χ2n) is 26.0. The van der Waals surface area contributed by atoms with Crippen LogP contribution in [-0.4, -0.2) is 215 Å². The van der Waals surface area contributed by atoms with Crippen molar-refractivity contribution in [1.29, 1.82) is 0 Å². The van der Waals surface area contributed by atoms with Crippen molar-refractivity contribution in [2.24, 2.45) is 62.6 Å². The first kappa shape index (κ1) is 58.6. The van der Waals surface area contributed by atoms with E-state index in [0.29, 0.717) is 19.3 Å². The van der Waals surface area contributed by atoms with E-state index in [1.165, 1.54) is 6.92 Å². The van der Waals surface area contributed by atoms with Crippen molar-refractivity contribution in [3.8, 4) is 0 Å². The molecule has 3 saturated heterocycles. The molecule has 0 aromatic heterocycles. The molecule has 76 heavy (non-hydrogen) atoms.